The Kier molecular flexibility index (Phi) is 8.82. The molecule has 1 aromatic heterocycles. The van der Waals surface area contributed by atoms with Gasteiger partial charge in [-0.15, -0.1) is 23.1 Å². The molecule has 2 amide bonds. The van der Waals surface area contributed by atoms with Crippen LogP contribution in [0.3, 0.4) is 0 Å². The summed E-state index contributed by atoms with van der Waals surface area (Å²) in [7, 11) is 2.50. The van der Waals surface area contributed by atoms with Crippen LogP contribution < -0.4 is 45.7 Å². The Morgan fingerprint density at radius 2 is 2.09 bits per heavy atom. The molecule has 35 heavy (non-hydrogen) atoms. The molecule has 3 N–H and O–H groups in total. The number of nitrogens with two attached hydrogens (primary N) is 1. The number of oxime groups is 1. The number of amides is 2. The first-order chi connectivity index (χ1) is 16.3. The Balaban J connectivity index is 0.00000342. The van der Waals surface area contributed by atoms with Crippen molar-refractivity contribution in [3.8, 4) is 0 Å². The number of rotatable bonds is 7. The standard InChI is InChI=1S/C19H21N5O8S2.Na/c1-30-18(29)10-4-3-9(32-10)7-5-33-16-12(15(26)24(16)13(7)17(27)28)22-14(25)11(23-31-2)8-6-34-19(20)21-8;/h6,9-10,12,16H,3-5H2,1-2H3,(H2,20,21)(H,22,25)(H,27,28);/q;+1/p-1/b23-11-;/t9-,10+,12+,16+;/m0./s1. The number of hydrogen-bond acceptors (Lipinski definition) is 13. The fourth-order valence-electron chi connectivity index (χ4n) is 3.98. The third-order valence-electron chi connectivity index (χ3n) is 5.51. The van der Waals surface area contributed by atoms with Crippen LogP contribution in [0.25, 0.3) is 0 Å². The third kappa shape index (κ3) is 5.20. The number of anilines is 1. The SMILES string of the molecule is CO/N=C(\C(=O)N[C@@H]1C(=O)N2C(C(=O)[O-])=C([C@@H]3CC[C@H](C(=O)OC)O3)CS[C@H]12)c1csc(N)n1.[Na+]. The van der Waals surface area contributed by atoms with E-state index in [0.717, 1.165) is 16.2 Å². The Bertz CT molecular complexity index is 1110. The number of nitrogens with one attached hydrogen (secondary N) is 1. The fraction of sp³-hybridized carbons (Fsp3) is 0.474. The van der Waals surface area contributed by atoms with Crippen LogP contribution in [0.1, 0.15) is 18.5 Å². The first-order valence-electron chi connectivity index (χ1n) is 10.0. The summed E-state index contributed by atoms with van der Waals surface area (Å²) in [4.78, 5) is 59.2. The van der Waals surface area contributed by atoms with Gasteiger partial charge in [-0.1, -0.05) is 5.16 Å². The van der Waals surface area contributed by atoms with Gasteiger partial charge in [-0.2, -0.15) is 0 Å². The van der Waals surface area contributed by atoms with Gasteiger partial charge in [0.05, 0.1) is 24.9 Å². The Hall–Kier alpha value is -2.17. The zero-order valence-corrected chi connectivity index (χ0v) is 22.6. The van der Waals surface area contributed by atoms with Gasteiger partial charge in [0.25, 0.3) is 11.8 Å². The van der Waals surface area contributed by atoms with Crippen LogP contribution >= 0.6 is 23.1 Å². The summed E-state index contributed by atoms with van der Waals surface area (Å²) >= 11 is 2.37. The average Bonchev–Trinajstić information content (AvgIpc) is 3.48. The van der Waals surface area contributed by atoms with Gasteiger partial charge in [-0.3, -0.25) is 14.5 Å². The van der Waals surface area contributed by atoms with E-state index in [1.807, 2.05) is 0 Å². The van der Waals surface area contributed by atoms with Crippen molar-refractivity contribution in [2.24, 2.45) is 5.16 Å². The van der Waals surface area contributed by atoms with Crippen LogP contribution in [0, 0.1) is 0 Å². The van der Waals surface area contributed by atoms with E-state index in [9.17, 15) is 24.3 Å². The van der Waals surface area contributed by atoms with Crippen LogP contribution in [-0.4, -0.2) is 82.9 Å². The maximum absolute atomic E-state index is 12.9. The van der Waals surface area contributed by atoms with Crippen molar-refractivity contribution in [2.45, 2.75) is 36.5 Å². The normalized spacial score (nSPS) is 25.8. The first kappa shape index (κ1) is 27.4. The molecule has 0 unspecified atom stereocenters. The number of thiazole rings is 1. The smallest absolute Gasteiger partial charge is 0.543 e. The number of methoxy groups -OCH3 is 1. The predicted octanol–water partition coefficient (Wildman–Crippen LogP) is -4.80. The molecule has 16 heteroatoms. The molecular weight excluding hydrogens is 513 g/mol. The number of fused-ring (bicyclic) bond motifs is 1. The zero-order chi connectivity index (χ0) is 24.6. The van der Waals surface area contributed by atoms with Crippen molar-refractivity contribution in [1.29, 1.82) is 0 Å². The summed E-state index contributed by atoms with van der Waals surface area (Å²) in [6.07, 6.45) is -0.703. The number of aliphatic carboxylic acids is 1. The van der Waals surface area contributed by atoms with Gasteiger partial charge in [-0.25, -0.2) is 9.78 Å². The summed E-state index contributed by atoms with van der Waals surface area (Å²) in [5.41, 5.74) is 5.67. The number of nitrogens with zero attached hydrogens (tertiary/aromatic N) is 3. The molecule has 2 fully saturated rings. The van der Waals surface area contributed by atoms with Crippen molar-refractivity contribution in [2.75, 3.05) is 25.7 Å². The molecule has 0 radical (unpaired) electrons. The molecule has 0 bridgehead atoms. The Morgan fingerprint density at radius 3 is 2.69 bits per heavy atom. The zero-order valence-electron chi connectivity index (χ0n) is 19.0. The quantitative estimate of drug-likeness (QED) is 0.113. The molecule has 0 aliphatic carbocycles. The number of esters is 1. The molecule has 2 saturated heterocycles. The summed E-state index contributed by atoms with van der Waals surface area (Å²) in [5, 5.41) is 19.3. The summed E-state index contributed by atoms with van der Waals surface area (Å²) < 4.78 is 10.4. The van der Waals surface area contributed by atoms with Gasteiger partial charge in [-0.05, 0) is 18.4 Å². The summed E-state index contributed by atoms with van der Waals surface area (Å²) in [5.74, 6) is -3.22. The number of hydrogen-bond donors (Lipinski definition) is 2. The van der Waals surface area contributed by atoms with Crippen molar-refractivity contribution in [3.05, 3.63) is 22.3 Å². The summed E-state index contributed by atoms with van der Waals surface area (Å²) in [6, 6.07) is -1.00. The molecule has 13 nitrogen and oxygen atoms in total. The minimum absolute atomic E-state index is 0. The number of ether oxygens (including phenoxy) is 2. The fourth-order valence-corrected chi connectivity index (χ4v) is 5.93. The number of nitrogen functional groups attached to an aromatic ring is 1. The molecule has 0 saturated carbocycles. The second-order valence-electron chi connectivity index (χ2n) is 7.43. The first-order valence-corrected chi connectivity index (χ1v) is 11.9. The monoisotopic (exact) mass is 533 g/mol. The van der Waals surface area contributed by atoms with Gasteiger partial charge in [0.15, 0.2) is 16.9 Å². The van der Waals surface area contributed by atoms with Gasteiger partial charge >= 0.3 is 35.5 Å². The van der Waals surface area contributed by atoms with Gasteiger partial charge in [0, 0.05) is 11.1 Å². The van der Waals surface area contributed by atoms with Crippen LogP contribution in [-0.2, 0) is 33.5 Å². The largest absolute Gasteiger partial charge is 1.00 e. The minimum Gasteiger partial charge on any atom is -0.543 e. The van der Waals surface area contributed by atoms with Crippen molar-refractivity contribution in [1.82, 2.24) is 15.2 Å². The van der Waals surface area contributed by atoms with Gasteiger partial charge in [0.2, 0.25) is 0 Å². The third-order valence-corrected chi connectivity index (χ3v) is 7.49. The predicted molar refractivity (Wildman–Crippen MR) is 117 cm³/mol. The molecule has 0 spiro atoms. The second-order valence-corrected chi connectivity index (χ2v) is 9.42. The molecule has 0 aromatic carbocycles. The average molecular weight is 534 g/mol. The molecule has 1 aromatic rings. The van der Waals surface area contributed by atoms with Crippen LogP contribution in [0.5, 0.6) is 0 Å². The Morgan fingerprint density at radius 1 is 1.34 bits per heavy atom. The van der Waals surface area contributed by atoms with Crippen molar-refractivity contribution < 1.29 is 68.2 Å². The van der Waals surface area contributed by atoms with E-state index in [1.54, 1.807) is 0 Å². The van der Waals surface area contributed by atoms with E-state index in [-0.39, 0.29) is 57.5 Å². The maximum atomic E-state index is 12.9. The number of carbonyl (C=O) groups is 4. The maximum Gasteiger partial charge on any atom is 1.00 e. The number of carbonyl (C=O) groups excluding carboxylic acids is 4. The van der Waals surface area contributed by atoms with E-state index < -0.39 is 47.4 Å². The topological polar surface area (TPSA) is 186 Å². The molecule has 4 rings (SSSR count). The van der Waals surface area contributed by atoms with E-state index in [0.29, 0.717) is 18.4 Å². The van der Waals surface area contributed by atoms with Crippen molar-refractivity contribution in [3.63, 3.8) is 0 Å². The molecule has 3 aliphatic rings. The van der Waals surface area contributed by atoms with Crippen LogP contribution in [0.15, 0.2) is 21.8 Å². The second kappa shape index (κ2) is 11.3. The number of carboxylic acid groups (broad SMARTS) is 1. The van der Waals surface area contributed by atoms with E-state index in [1.165, 1.54) is 31.4 Å². The minimum atomic E-state index is -1.54. The van der Waals surface area contributed by atoms with E-state index >= 15 is 0 Å². The van der Waals surface area contributed by atoms with Crippen LogP contribution in [0.4, 0.5) is 5.13 Å². The molecule has 182 valence electrons. The number of thioether (sulfide) groups is 1. The molecule has 4 atom stereocenters. The molecule has 4 heterocycles. The number of aromatic nitrogens is 1. The van der Waals surface area contributed by atoms with Gasteiger partial charge in [0.1, 0.15) is 24.2 Å². The van der Waals surface area contributed by atoms with Crippen LogP contribution in [0.2, 0.25) is 0 Å². The van der Waals surface area contributed by atoms with Crippen molar-refractivity contribution >= 4 is 57.7 Å². The van der Waals surface area contributed by atoms with E-state index in [2.05, 4.69) is 20.2 Å². The Labute approximate surface area is 229 Å². The number of carboxylic acids is 1. The van der Waals surface area contributed by atoms with Gasteiger partial charge < -0.3 is 35.3 Å². The van der Waals surface area contributed by atoms with E-state index in [4.69, 9.17) is 15.3 Å². The molecular formula is C19H20N5NaO8S2. The summed E-state index contributed by atoms with van der Waals surface area (Å²) in [6.45, 7) is 0. The molecule has 3 aliphatic heterocycles. The number of β-lactam (4-membered cyclic amide) rings is 1.